The number of hydrogen-bond donors (Lipinski definition) is 3. The Morgan fingerprint density at radius 2 is 1.43 bits per heavy atom. The van der Waals surface area contributed by atoms with Gasteiger partial charge in [0.1, 0.15) is 0 Å². The summed E-state index contributed by atoms with van der Waals surface area (Å²) in [5.41, 5.74) is 7.52. The third-order valence-corrected chi connectivity index (χ3v) is 11.4. The van der Waals surface area contributed by atoms with Crippen molar-refractivity contribution in [1.82, 2.24) is 5.32 Å². The van der Waals surface area contributed by atoms with Gasteiger partial charge >= 0.3 is 0 Å². The summed E-state index contributed by atoms with van der Waals surface area (Å²) in [6.45, 7) is 19.3. The van der Waals surface area contributed by atoms with Crippen LogP contribution in [0.1, 0.15) is 108 Å². The number of hydrogen-bond acceptors (Lipinski definition) is 6. The van der Waals surface area contributed by atoms with Gasteiger partial charge in [-0.15, -0.1) is 0 Å². The van der Waals surface area contributed by atoms with Gasteiger partial charge in [-0.2, -0.15) is 0 Å². The molecule has 268 valence electrons. The summed E-state index contributed by atoms with van der Waals surface area (Å²) >= 11 is 0. The second kappa shape index (κ2) is 15.2. The van der Waals surface area contributed by atoms with Gasteiger partial charge in [0.25, 0.3) is 0 Å². The first-order chi connectivity index (χ1) is 23.0. The molecule has 0 radical (unpaired) electrons. The smallest absolute Gasteiger partial charge is 0.238 e. The van der Waals surface area contributed by atoms with Gasteiger partial charge in [0.15, 0.2) is 0 Å². The van der Waals surface area contributed by atoms with Gasteiger partial charge < -0.3 is 20.1 Å². The highest BCUT2D eigenvalue weighted by molar-refractivity contribution is 7.89. The number of rotatable bonds is 12. The van der Waals surface area contributed by atoms with E-state index in [0.717, 1.165) is 69.5 Å². The molecule has 3 aromatic carbocycles. The Kier molecular flexibility index (Phi) is 11.7. The minimum atomic E-state index is -3.71. The van der Waals surface area contributed by atoms with Gasteiger partial charge in [-0.3, -0.25) is 0 Å². The Bertz CT molecular complexity index is 1650. The van der Waals surface area contributed by atoms with Crippen molar-refractivity contribution < 1.29 is 17.9 Å². The molecular weight excluding hydrogens is 631 g/mol. The molecule has 5 rings (SSSR count). The molecule has 2 unspecified atom stereocenters. The normalized spacial score (nSPS) is 19.9. The summed E-state index contributed by atoms with van der Waals surface area (Å²) in [7, 11) is -3.71. The minimum Gasteiger partial charge on any atom is -0.382 e. The lowest BCUT2D eigenvalue weighted by Crippen LogP contribution is -2.37. The number of benzene rings is 3. The van der Waals surface area contributed by atoms with Crippen LogP contribution in [0.5, 0.6) is 0 Å². The highest BCUT2D eigenvalue weighted by atomic mass is 32.2. The van der Waals surface area contributed by atoms with Crippen molar-refractivity contribution in [2.24, 2.45) is 5.14 Å². The molecule has 2 aliphatic rings. The molecule has 0 aromatic heterocycles. The van der Waals surface area contributed by atoms with E-state index in [4.69, 9.17) is 14.6 Å². The Hall–Kier alpha value is -2.75. The molecule has 7 nitrogen and oxygen atoms in total. The van der Waals surface area contributed by atoms with Crippen LogP contribution in [0.3, 0.4) is 0 Å². The SMILES string of the molecule is CC(C)(C)c1cc(CNC2CCOCC2)cc(CC(C)(C)c2cccc(NC3CCOC(CC(C)(C)c4ccc(S(N)(=O)=O)cc4)C3)c2)c1. The van der Waals surface area contributed by atoms with Gasteiger partial charge in [-0.05, 0) is 107 Å². The number of anilines is 1. The van der Waals surface area contributed by atoms with E-state index in [1.807, 2.05) is 12.1 Å². The number of sulfonamides is 1. The zero-order valence-corrected chi connectivity index (χ0v) is 31.6. The Morgan fingerprint density at radius 1 is 0.755 bits per heavy atom. The third-order valence-electron chi connectivity index (χ3n) is 10.5. The molecule has 2 heterocycles. The lowest BCUT2D eigenvalue weighted by Gasteiger charge is -2.36. The minimum absolute atomic E-state index is 0.0549. The van der Waals surface area contributed by atoms with Crippen molar-refractivity contribution in [2.45, 2.75) is 133 Å². The maximum Gasteiger partial charge on any atom is 0.238 e. The van der Waals surface area contributed by atoms with E-state index in [-0.39, 0.29) is 27.2 Å². The quantitative estimate of drug-likeness (QED) is 0.180. The van der Waals surface area contributed by atoms with E-state index in [1.165, 1.54) is 22.3 Å². The monoisotopic (exact) mass is 689 g/mol. The molecule has 4 N–H and O–H groups in total. The van der Waals surface area contributed by atoms with Gasteiger partial charge in [0.05, 0.1) is 11.0 Å². The average Bonchev–Trinajstić information content (AvgIpc) is 3.03. The summed E-state index contributed by atoms with van der Waals surface area (Å²) in [6, 6.07) is 23.9. The second-order valence-electron chi connectivity index (χ2n) is 16.7. The highest BCUT2D eigenvalue weighted by Crippen LogP contribution is 2.35. The largest absolute Gasteiger partial charge is 0.382 e. The van der Waals surface area contributed by atoms with E-state index in [0.29, 0.717) is 18.7 Å². The molecule has 2 fully saturated rings. The molecule has 8 heteroatoms. The summed E-state index contributed by atoms with van der Waals surface area (Å²) in [6.07, 6.45) is 5.92. The van der Waals surface area contributed by atoms with Crippen LogP contribution >= 0.6 is 0 Å². The van der Waals surface area contributed by atoms with E-state index >= 15 is 0 Å². The lowest BCUT2D eigenvalue weighted by molar-refractivity contribution is -0.00451. The van der Waals surface area contributed by atoms with Crippen LogP contribution in [0.2, 0.25) is 0 Å². The third kappa shape index (κ3) is 10.4. The molecule has 0 aliphatic carbocycles. The number of nitrogens with two attached hydrogens (primary N) is 1. The van der Waals surface area contributed by atoms with Crippen LogP contribution in [0, 0.1) is 0 Å². The zero-order valence-electron chi connectivity index (χ0n) is 30.8. The molecule has 0 saturated carbocycles. The molecule has 0 spiro atoms. The van der Waals surface area contributed by atoms with E-state index in [2.05, 4.69) is 102 Å². The fourth-order valence-corrected chi connectivity index (χ4v) is 7.89. The zero-order chi connectivity index (χ0) is 35.5. The van der Waals surface area contributed by atoms with Crippen molar-refractivity contribution >= 4 is 15.7 Å². The molecule has 3 aromatic rings. The Labute approximate surface area is 295 Å². The van der Waals surface area contributed by atoms with Gasteiger partial charge in [0, 0.05) is 44.1 Å². The lowest BCUT2D eigenvalue weighted by atomic mass is 9.77. The van der Waals surface area contributed by atoms with Gasteiger partial charge in [-0.1, -0.05) is 90.9 Å². The second-order valence-corrected chi connectivity index (χ2v) is 18.3. The summed E-state index contributed by atoms with van der Waals surface area (Å²) in [4.78, 5) is 0.136. The maximum absolute atomic E-state index is 11.7. The van der Waals surface area contributed by atoms with E-state index in [9.17, 15) is 8.42 Å². The molecule has 2 saturated heterocycles. The van der Waals surface area contributed by atoms with Crippen molar-refractivity contribution in [1.29, 1.82) is 0 Å². The van der Waals surface area contributed by atoms with Crippen molar-refractivity contribution in [3.8, 4) is 0 Å². The van der Waals surface area contributed by atoms with Crippen molar-refractivity contribution in [3.05, 3.63) is 94.5 Å². The van der Waals surface area contributed by atoms with Gasteiger partial charge in [-0.25, -0.2) is 13.6 Å². The van der Waals surface area contributed by atoms with Crippen LogP contribution in [0.25, 0.3) is 0 Å². The maximum atomic E-state index is 11.7. The number of nitrogens with one attached hydrogen (secondary N) is 2. The topological polar surface area (TPSA) is 103 Å². The highest BCUT2D eigenvalue weighted by Gasteiger charge is 2.31. The molecule has 0 amide bonds. The van der Waals surface area contributed by atoms with Crippen LogP contribution in [0.4, 0.5) is 5.69 Å². The number of ether oxygens (including phenoxy) is 2. The van der Waals surface area contributed by atoms with Crippen LogP contribution in [-0.2, 0) is 48.7 Å². The summed E-state index contributed by atoms with van der Waals surface area (Å²) in [5, 5.41) is 12.9. The Balaban J connectivity index is 1.24. The standard InChI is InChI=1S/C41H59N3O4S/c1-39(2,3)33-22-29(21-30(23-33)28-43-34-15-18-47-19-16-34)26-40(4,5)32-9-8-10-35(24-32)44-36-17-20-48-37(25-36)27-41(6,7)31-11-13-38(14-12-31)49(42,45)46/h8-14,21-24,34,36-37,43-44H,15-20,25-28H2,1-7H3,(H2,42,45,46). The van der Waals surface area contributed by atoms with E-state index in [1.54, 1.807) is 12.1 Å². The predicted molar refractivity (Wildman–Crippen MR) is 201 cm³/mol. The summed E-state index contributed by atoms with van der Waals surface area (Å²) < 4.78 is 35.3. The first-order valence-corrected chi connectivity index (χ1v) is 19.6. The molecule has 2 atom stereocenters. The van der Waals surface area contributed by atoms with E-state index < -0.39 is 10.0 Å². The first kappa shape index (κ1) is 37.5. The Morgan fingerprint density at radius 3 is 2.10 bits per heavy atom. The van der Waals surface area contributed by atoms with Crippen molar-refractivity contribution in [3.63, 3.8) is 0 Å². The van der Waals surface area contributed by atoms with Crippen LogP contribution in [0.15, 0.2) is 71.6 Å². The van der Waals surface area contributed by atoms with Crippen LogP contribution < -0.4 is 15.8 Å². The fraction of sp³-hybridized carbons (Fsp3) is 0.561. The first-order valence-electron chi connectivity index (χ1n) is 18.0. The molecular formula is C41H59N3O4S. The fourth-order valence-electron chi connectivity index (χ4n) is 7.38. The average molecular weight is 690 g/mol. The van der Waals surface area contributed by atoms with Crippen molar-refractivity contribution in [2.75, 3.05) is 25.1 Å². The molecule has 2 aliphatic heterocycles. The predicted octanol–water partition coefficient (Wildman–Crippen LogP) is 7.75. The summed E-state index contributed by atoms with van der Waals surface area (Å²) in [5.74, 6) is 0. The number of primary sulfonamides is 1. The molecule has 49 heavy (non-hydrogen) atoms. The van der Waals surface area contributed by atoms with Crippen LogP contribution in [-0.4, -0.2) is 46.4 Å². The molecule has 0 bridgehead atoms. The van der Waals surface area contributed by atoms with Gasteiger partial charge in [0.2, 0.25) is 10.0 Å².